The van der Waals surface area contributed by atoms with E-state index in [4.69, 9.17) is 0 Å². The number of anilines is 1. The largest absolute Gasteiger partial charge is 0.340 e. The maximum Gasteiger partial charge on any atom is 0.253 e. The first kappa shape index (κ1) is 17.5. The van der Waals surface area contributed by atoms with Crippen molar-refractivity contribution in [1.82, 2.24) is 10.2 Å². The van der Waals surface area contributed by atoms with Crippen LogP contribution in [-0.4, -0.2) is 50.4 Å². The van der Waals surface area contributed by atoms with Gasteiger partial charge in [-0.3, -0.25) is 9.59 Å². The van der Waals surface area contributed by atoms with Crippen LogP contribution in [0.3, 0.4) is 0 Å². The Morgan fingerprint density at radius 1 is 1.33 bits per heavy atom. The molecule has 1 aromatic rings. The van der Waals surface area contributed by atoms with Gasteiger partial charge in [0.05, 0.1) is 0 Å². The van der Waals surface area contributed by atoms with Crippen LogP contribution in [0.15, 0.2) is 24.3 Å². The van der Waals surface area contributed by atoms with Gasteiger partial charge in [0.1, 0.15) is 0 Å². The molecular weight excluding hydrogens is 290 g/mol. The Balaban J connectivity index is 0.00000220. The fourth-order valence-electron chi connectivity index (χ4n) is 2.31. The Kier molecular flexibility index (Phi) is 6.65. The molecule has 1 N–H and O–H groups in total. The summed E-state index contributed by atoms with van der Waals surface area (Å²) in [4.78, 5) is 27.3. The first-order chi connectivity index (χ1) is 9.63. The van der Waals surface area contributed by atoms with E-state index < -0.39 is 0 Å². The fraction of sp³-hybridized carbons (Fsp3) is 0.467. The van der Waals surface area contributed by atoms with E-state index >= 15 is 0 Å². The molecule has 0 saturated carbocycles. The van der Waals surface area contributed by atoms with E-state index in [1.165, 1.54) is 0 Å². The van der Waals surface area contributed by atoms with Gasteiger partial charge in [-0.05, 0) is 37.7 Å². The van der Waals surface area contributed by atoms with Crippen LogP contribution in [0.5, 0.6) is 0 Å². The lowest BCUT2D eigenvalue weighted by Crippen LogP contribution is -2.32. The zero-order chi connectivity index (χ0) is 14.5. The molecule has 0 radical (unpaired) electrons. The Labute approximate surface area is 131 Å². The number of hydrogen-bond donors (Lipinski definition) is 1. The molecular formula is C15H22ClN3O2. The molecule has 0 aromatic heterocycles. The molecule has 1 aliphatic rings. The normalized spacial score (nSPS) is 14.0. The summed E-state index contributed by atoms with van der Waals surface area (Å²) in [7, 11) is 3.65. The number of carbonyl (C=O) groups is 2. The molecule has 0 bridgehead atoms. The van der Waals surface area contributed by atoms with Gasteiger partial charge < -0.3 is 15.1 Å². The van der Waals surface area contributed by atoms with Crippen LogP contribution in [0.25, 0.3) is 0 Å². The van der Waals surface area contributed by atoms with E-state index in [0.717, 1.165) is 25.2 Å². The molecule has 2 amide bonds. The van der Waals surface area contributed by atoms with Gasteiger partial charge >= 0.3 is 0 Å². The maximum absolute atomic E-state index is 12.2. The molecule has 0 aliphatic carbocycles. The van der Waals surface area contributed by atoms with Crippen LogP contribution >= 0.6 is 12.4 Å². The molecule has 5 nitrogen and oxygen atoms in total. The van der Waals surface area contributed by atoms with Gasteiger partial charge in [0.25, 0.3) is 5.91 Å². The fourth-order valence-corrected chi connectivity index (χ4v) is 2.31. The van der Waals surface area contributed by atoms with Crippen molar-refractivity contribution in [1.29, 1.82) is 0 Å². The van der Waals surface area contributed by atoms with E-state index in [1.807, 2.05) is 19.2 Å². The lowest BCUT2D eigenvalue weighted by atomic mass is 10.1. The Bertz CT molecular complexity index is 490. The van der Waals surface area contributed by atoms with Crippen molar-refractivity contribution < 1.29 is 9.59 Å². The molecule has 1 heterocycles. The first-order valence-electron chi connectivity index (χ1n) is 6.94. The van der Waals surface area contributed by atoms with Crippen molar-refractivity contribution >= 4 is 29.9 Å². The molecule has 116 valence electrons. The zero-order valence-corrected chi connectivity index (χ0v) is 13.3. The van der Waals surface area contributed by atoms with Gasteiger partial charge in [-0.1, -0.05) is 0 Å². The monoisotopic (exact) mass is 311 g/mol. The summed E-state index contributed by atoms with van der Waals surface area (Å²) in [5.74, 6) is 0.162. The van der Waals surface area contributed by atoms with Crippen LogP contribution in [0, 0.1) is 0 Å². The van der Waals surface area contributed by atoms with Crippen molar-refractivity contribution in [2.45, 2.75) is 12.8 Å². The summed E-state index contributed by atoms with van der Waals surface area (Å²) < 4.78 is 0. The third-order valence-corrected chi connectivity index (χ3v) is 3.54. The average Bonchev–Trinajstić information content (AvgIpc) is 2.90. The Morgan fingerprint density at radius 2 is 2.00 bits per heavy atom. The van der Waals surface area contributed by atoms with Gasteiger partial charge in [0.2, 0.25) is 5.91 Å². The quantitative estimate of drug-likeness (QED) is 0.897. The van der Waals surface area contributed by atoms with Crippen molar-refractivity contribution in [3.8, 4) is 0 Å². The second kappa shape index (κ2) is 8.00. The standard InChI is InChI=1S/C15H21N3O2.ClH/c1-16-9-11-17(2)15(20)12-5-7-13(8-6-12)18-10-3-4-14(18)19;/h5-8,16H,3-4,9-11H2,1-2H3;1H. The third kappa shape index (κ3) is 4.19. The summed E-state index contributed by atoms with van der Waals surface area (Å²) in [6.45, 7) is 2.21. The van der Waals surface area contributed by atoms with E-state index in [-0.39, 0.29) is 24.2 Å². The SMILES string of the molecule is CNCCN(C)C(=O)c1ccc(N2CCCC2=O)cc1.Cl. The molecule has 6 heteroatoms. The predicted molar refractivity (Wildman–Crippen MR) is 86.2 cm³/mol. The molecule has 0 spiro atoms. The molecule has 2 rings (SSSR count). The highest BCUT2D eigenvalue weighted by atomic mass is 35.5. The Morgan fingerprint density at radius 3 is 2.52 bits per heavy atom. The molecule has 1 aliphatic heterocycles. The van der Waals surface area contributed by atoms with Crippen LogP contribution in [0.1, 0.15) is 23.2 Å². The first-order valence-corrected chi connectivity index (χ1v) is 6.94. The number of halogens is 1. The second-order valence-corrected chi connectivity index (χ2v) is 5.03. The molecule has 21 heavy (non-hydrogen) atoms. The summed E-state index contributed by atoms with van der Waals surface area (Å²) in [6.07, 6.45) is 1.53. The molecule has 1 aromatic carbocycles. The minimum absolute atomic E-state index is 0. The smallest absolute Gasteiger partial charge is 0.253 e. The zero-order valence-electron chi connectivity index (χ0n) is 12.5. The third-order valence-electron chi connectivity index (χ3n) is 3.54. The predicted octanol–water partition coefficient (Wildman–Crippen LogP) is 1.53. The number of amides is 2. The topological polar surface area (TPSA) is 52.7 Å². The highest BCUT2D eigenvalue weighted by Gasteiger charge is 2.21. The van der Waals surface area contributed by atoms with Gasteiger partial charge in [-0.15, -0.1) is 12.4 Å². The van der Waals surface area contributed by atoms with Gasteiger partial charge in [0.15, 0.2) is 0 Å². The van der Waals surface area contributed by atoms with Gasteiger partial charge in [-0.2, -0.15) is 0 Å². The number of hydrogen-bond acceptors (Lipinski definition) is 3. The summed E-state index contributed by atoms with van der Waals surface area (Å²) in [5, 5.41) is 3.02. The van der Waals surface area contributed by atoms with Crippen LogP contribution in [0.2, 0.25) is 0 Å². The van der Waals surface area contributed by atoms with Crippen LogP contribution < -0.4 is 10.2 Å². The molecule has 1 saturated heterocycles. The summed E-state index contributed by atoms with van der Waals surface area (Å²) in [5.41, 5.74) is 1.53. The van der Waals surface area contributed by atoms with E-state index in [2.05, 4.69) is 5.32 Å². The molecule has 0 unspecified atom stereocenters. The number of benzene rings is 1. The Hall–Kier alpha value is -1.59. The van der Waals surface area contributed by atoms with Gasteiger partial charge in [0, 0.05) is 44.4 Å². The summed E-state index contributed by atoms with van der Waals surface area (Å²) in [6, 6.07) is 7.28. The van der Waals surface area contributed by atoms with E-state index in [0.29, 0.717) is 18.5 Å². The van der Waals surface area contributed by atoms with Crippen LogP contribution in [0.4, 0.5) is 5.69 Å². The number of likely N-dealkylation sites (N-methyl/N-ethyl adjacent to an activating group) is 2. The minimum atomic E-state index is -0.000418. The number of carbonyl (C=O) groups excluding carboxylic acids is 2. The van der Waals surface area contributed by atoms with Crippen molar-refractivity contribution in [3.63, 3.8) is 0 Å². The minimum Gasteiger partial charge on any atom is -0.340 e. The second-order valence-electron chi connectivity index (χ2n) is 5.03. The lowest BCUT2D eigenvalue weighted by molar-refractivity contribution is -0.117. The number of rotatable bonds is 5. The van der Waals surface area contributed by atoms with E-state index in [1.54, 1.807) is 29.0 Å². The molecule has 0 atom stereocenters. The average molecular weight is 312 g/mol. The number of nitrogens with zero attached hydrogens (tertiary/aromatic N) is 2. The van der Waals surface area contributed by atoms with E-state index in [9.17, 15) is 9.59 Å². The van der Waals surface area contributed by atoms with Crippen LogP contribution in [-0.2, 0) is 4.79 Å². The number of nitrogens with one attached hydrogen (secondary N) is 1. The van der Waals surface area contributed by atoms with Crippen molar-refractivity contribution in [2.75, 3.05) is 38.6 Å². The van der Waals surface area contributed by atoms with Gasteiger partial charge in [-0.25, -0.2) is 0 Å². The van der Waals surface area contributed by atoms with Crippen molar-refractivity contribution in [3.05, 3.63) is 29.8 Å². The maximum atomic E-state index is 12.2. The van der Waals surface area contributed by atoms with Crippen molar-refractivity contribution in [2.24, 2.45) is 0 Å². The highest BCUT2D eigenvalue weighted by molar-refractivity contribution is 5.97. The lowest BCUT2D eigenvalue weighted by Gasteiger charge is -2.18. The highest BCUT2D eigenvalue weighted by Crippen LogP contribution is 2.21. The summed E-state index contributed by atoms with van der Waals surface area (Å²) >= 11 is 0. The molecule has 1 fully saturated rings.